The summed E-state index contributed by atoms with van der Waals surface area (Å²) in [7, 11) is 0. The SMILES string of the molecule is CCc1ccc(CC)c(NC(=O)N2CCO[C@@H]([C@@H]3CCCO3)C2)c1. The van der Waals surface area contributed by atoms with E-state index in [9.17, 15) is 4.79 Å². The maximum atomic E-state index is 12.7. The highest BCUT2D eigenvalue weighted by Crippen LogP contribution is 2.23. The lowest BCUT2D eigenvalue weighted by atomic mass is 10.1. The van der Waals surface area contributed by atoms with Gasteiger partial charge in [-0.3, -0.25) is 0 Å². The molecule has 132 valence electrons. The number of benzene rings is 1. The Kier molecular flexibility index (Phi) is 5.74. The fourth-order valence-electron chi connectivity index (χ4n) is 3.44. The third-order valence-corrected chi connectivity index (χ3v) is 4.97. The summed E-state index contributed by atoms with van der Waals surface area (Å²) in [6.07, 6.45) is 4.11. The molecule has 0 bridgehead atoms. The Balaban J connectivity index is 1.65. The van der Waals surface area contributed by atoms with E-state index in [1.165, 1.54) is 11.1 Å². The summed E-state index contributed by atoms with van der Waals surface area (Å²) in [6.45, 7) is 6.85. The molecule has 2 aliphatic heterocycles. The normalized spacial score (nSPS) is 24.2. The van der Waals surface area contributed by atoms with Crippen LogP contribution in [-0.2, 0) is 22.3 Å². The molecule has 3 rings (SSSR count). The number of anilines is 1. The fraction of sp³-hybridized carbons (Fsp3) is 0.632. The molecule has 2 heterocycles. The first-order valence-corrected chi connectivity index (χ1v) is 9.12. The van der Waals surface area contributed by atoms with E-state index < -0.39 is 0 Å². The lowest BCUT2D eigenvalue weighted by molar-refractivity contribution is -0.0839. The average Bonchev–Trinajstić information content (AvgIpc) is 3.16. The van der Waals surface area contributed by atoms with Crippen LogP contribution in [0.3, 0.4) is 0 Å². The number of hydrogen-bond donors (Lipinski definition) is 1. The molecule has 1 aromatic rings. The molecule has 2 amide bonds. The number of nitrogens with zero attached hydrogens (tertiary/aromatic N) is 1. The van der Waals surface area contributed by atoms with Crippen LogP contribution in [0.2, 0.25) is 0 Å². The van der Waals surface area contributed by atoms with Gasteiger partial charge in [0.25, 0.3) is 0 Å². The van der Waals surface area contributed by atoms with Crippen LogP contribution in [0.5, 0.6) is 0 Å². The van der Waals surface area contributed by atoms with Crippen molar-refractivity contribution < 1.29 is 14.3 Å². The molecule has 2 atom stereocenters. The predicted octanol–water partition coefficient (Wildman–Crippen LogP) is 3.22. The smallest absolute Gasteiger partial charge is 0.322 e. The molecule has 0 saturated carbocycles. The Hall–Kier alpha value is -1.59. The lowest BCUT2D eigenvalue weighted by Gasteiger charge is -2.35. The molecule has 1 aromatic carbocycles. The Morgan fingerprint density at radius 1 is 1.21 bits per heavy atom. The molecule has 2 aliphatic rings. The van der Waals surface area contributed by atoms with Gasteiger partial charge in [-0.2, -0.15) is 0 Å². The second kappa shape index (κ2) is 7.99. The summed E-state index contributed by atoms with van der Waals surface area (Å²) in [5, 5.41) is 3.11. The summed E-state index contributed by atoms with van der Waals surface area (Å²) in [5.74, 6) is 0. The van der Waals surface area contributed by atoms with Crippen molar-refractivity contribution in [2.45, 2.75) is 51.7 Å². The van der Waals surface area contributed by atoms with Gasteiger partial charge in [-0.15, -0.1) is 0 Å². The van der Waals surface area contributed by atoms with Gasteiger partial charge >= 0.3 is 6.03 Å². The highest BCUT2D eigenvalue weighted by Gasteiger charge is 2.32. The predicted molar refractivity (Wildman–Crippen MR) is 94.5 cm³/mol. The first kappa shape index (κ1) is 17.2. The van der Waals surface area contributed by atoms with E-state index in [0.29, 0.717) is 19.7 Å². The van der Waals surface area contributed by atoms with Gasteiger partial charge in [0, 0.05) is 18.8 Å². The number of hydrogen-bond acceptors (Lipinski definition) is 3. The van der Waals surface area contributed by atoms with Crippen molar-refractivity contribution in [3.63, 3.8) is 0 Å². The number of rotatable bonds is 4. The molecule has 24 heavy (non-hydrogen) atoms. The van der Waals surface area contributed by atoms with Crippen LogP contribution in [0.25, 0.3) is 0 Å². The second-order valence-corrected chi connectivity index (χ2v) is 6.54. The number of morpholine rings is 1. The zero-order chi connectivity index (χ0) is 16.9. The Morgan fingerprint density at radius 2 is 2.04 bits per heavy atom. The van der Waals surface area contributed by atoms with E-state index in [1.807, 2.05) is 4.90 Å². The van der Waals surface area contributed by atoms with Crippen molar-refractivity contribution in [2.24, 2.45) is 0 Å². The Labute approximate surface area is 144 Å². The topological polar surface area (TPSA) is 50.8 Å². The van der Waals surface area contributed by atoms with E-state index in [1.54, 1.807) is 0 Å². The van der Waals surface area contributed by atoms with Crippen molar-refractivity contribution in [3.8, 4) is 0 Å². The third kappa shape index (κ3) is 3.90. The van der Waals surface area contributed by atoms with Gasteiger partial charge in [0.2, 0.25) is 0 Å². The second-order valence-electron chi connectivity index (χ2n) is 6.54. The van der Waals surface area contributed by atoms with Gasteiger partial charge in [0.05, 0.1) is 19.3 Å². The molecular weight excluding hydrogens is 304 g/mol. The number of amides is 2. The van der Waals surface area contributed by atoms with Crippen molar-refractivity contribution in [1.82, 2.24) is 4.90 Å². The quantitative estimate of drug-likeness (QED) is 0.921. The molecule has 0 radical (unpaired) electrons. The molecular formula is C19H28N2O3. The van der Waals surface area contributed by atoms with Crippen LogP contribution in [0, 0.1) is 0 Å². The van der Waals surface area contributed by atoms with Crippen molar-refractivity contribution in [3.05, 3.63) is 29.3 Å². The summed E-state index contributed by atoms with van der Waals surface area (Å²) >= 11 is 0. The number of ether oxygens (including phenoxy) is 2. The van der Waals surface area contributed by atoms with Crippen LogP contribution in [0.15, 0.2) is 18.2 Å². The lowest BCUT2D eigenvalue weighted by Crippen LogP contribution is -2.51. The van der Waals surface area contributed by atoms with Crippen molar-refractivity contribution in [1.29, 1.82) is 0 Å². The maximum absolute atomic E-state index is 12.7. The molecule has 0 aromatic heterocycles. The van der Waals surface area contributed by atoms with Gasteiger partial charge in [-0.05, 0) is 42.9 Å². The highest BCUT2D eigenvalue weighted by atomic mass is 16.5. The first-order chi connectivity index (χ1) is 11.7. The molecule has 5 heteroatoms. The Bertz CT molecular complexity index is 570. The first-order valence-electron chi connectivity index (χ1n) is 9.12. The standard InChI is InChI=1S/C19H28N2O3/c1-3-14-7-8-15(4-2)16(12-14)20-19(22)21-9-11-24-18(13-21)17-6-5-10-23-17/h7-8,12,17-18H,3-6,9-11,13H2,1-2H3,(H,20,22)/t17-,18+/m0/s1. The largest absolute Gasteiger partial charge is 0.375 e. The van der Waals surface area contributed by atoms with Crippen molar-refractivity contribution >= 4 is 11.7 Å². The van der Waals surface area contributed by atoms with E-state index in [0.717, 1.165) is 38.0 Å². The molecule has 1 N–H and O–H groups in total. The van der Waals surface area contributed by atoms with E-state index in [-0.39, 0.29) is 18.2 Å². The molecule has 0 aliphatic carbocycles. The van der Waals surface area contributed by atoms with Gasteiger partial charge < -0.3 is 19.7 Å². The average molecular weight is 332 g/mol. The number of carbonyl (C=O) groups excluding carboxylic acids is 1. The monoisotopic (exact) mass is 332 g/mol. The zero-order valence-electron chi connectivity index (χ0n) is 14.7. The van der Waals surface area contributed by atoms with E-state index >= 15 is 0 Å². The summed E-state index contributed by atoms with van der Waals surface area (Å²) in [5.41, 5.74) is 3.34. The van der Waals surface area contributed by atoms with Gasteiger partial charge in [0.1, 0.15) is 6.10 Å². The van der Waals surface area contributed by atoms with Crippen molar-refractivity contribution in [2.75, 3.05) is 31.6 Å². The minimum absolute atomic E-state index is 0.000350. The molecule has 0 unspecified atom stereocenters. The summed E-state index contributed by atoms with van der Waals surface area (Å²) in [4.78, 5) is 14.6. The molecule has 2 saturated heterocycles. The van der Waals surface area contributed by atoms with Crippen LogP contribution in [0.4, 0.5) is 10.5 Å². The molecule has 2 fully saturated rings. The van der Waals surface area contributed by atoms with Gasteiger partial charge in [-0.1, -0.05) is 26.0 Å². The van der Waals surface area contributed by atoms with E-state index in [4.69, 9.17) is 9.47 Å². The Morgan fingerprint density at radius 3 is 2.75 bits per heavy atom. The van der Waals surface area contributed by atoms with Crippen LogP contribution >= 0.6 is 0 Å². The number of carbonyl (C=O) groups is 1. The molecule has 5 nitrogen and oxygen atoms in total. The van der Waals surface area contributed by atoms with Crippen LogP contribution in [-0.4, -0.2) is 49.4 Å². The van der Waals surface area contributed by atoms with Crippen LogP contribution < -0.4 is 5.32 Å². The minimum atomic E-state index is -0.0377. The highest BCUT2D eigenvalue weighted by molar-refractivity contribution is 5.90. The number of aryl methyl sites for hydroxylation is 2. The van der Waals surface area contributed by atoms with Crippen LogP contribution in [0.1, 0.15) is 37.8 Å². The third-order valence-electron chi connectivity index (χ3n) is 4.97. The van der Waals surface area contributed by atoms with Gasteiger partial charge in [0.15, 0.2) is 0 Å². The maximum Gasteiger partial charge on any atom is 0.322 e. The molecule has 0 spiro atoms. The summed E-state index contributed by atoms with van der Waals surface area (Å²) < 4.78 is 11.5. The summed E-state index contributed by atoms with van der Waals surface area (Å²) in [6, 6.07) is 6.30. The van der Waals surface area contributed by atoms with Gasteiger partial charge in [-0.25, -0.2) is 4.79 Å². The minimum Gasteiger partial charge on any atom is -0.375 e. The number of nitrogens with one attached hydrogen (secondary N) is 1. The fourth-order valence-corrected chi connectivity index (χ4v) is 3.44. The zero-order valence-corrected chi connectivity index (χ0v) is 14.7. The number of urea groups is 1. The van der Waals surface area contributed by atoms with E-state index in [2.05, 4.69) is 37.4 Å².